The van der Waals surface area contributed by atoms with E-state index in [9.17, 15) is 9.59 Å². The van der Waals surface area contributed by atoms with E-state index in [2.05, 4.69) is 15.0 Å². The monoisotopic (exact) mass is 472 g/mol. The van der Waals surface area contributed by atoms with Gasteiger partial charge in [0.05, 0.1) is 12.8 Å². The van der Waals surface area contributed by atoms with Crippen LogP contribution in [0, 0.1) is 13.8 Å². The number of nitrogens with zero attached hydrogens (tertiary/aromatic N) is 6. The quantitative estimate of drug-likeness (QED) is 0.444. The molecule has 180 valence electrons. The van der Waals surface area contributed by atoms with E-state index in [-0.39, 0.29) is 18.0 Å². The molecule has 9 nitrogen and oxygen atoms in total. The van der Waals surface area contributed by atoms with Gasteiger partial charge in [-0.2, -0.15) is 9.50 Å². The second kappa shape index (κ2) is 9.25. The average molecular weight is 473 g/mol. The first-order chi connectivity index (χ1) is 16.9. The Hall–Kier alpha value is -4.14. The SMILES string of the molecule is COc1ccccc1N1CCN(C(=O)Cn2c(C)cc(=O)n3nc(-c4cccc(C)c4)nc23)CC1. The molecule has 1 aliphatic heterocycles. The van der Waals surface area contributed by atoms with Gasteiger partial charge in [-0.25, -0.2) is 0 Å². The Bertz CT molecular complexity index is 1450. The first-order valence-corrected chi connectivity index (χ1v) is 11.6. The van der Waals surface area contributed by atoms with Gasteiger partial charge in [0.1, 0.15) is 12.3 Å². The summed E-state index contributed by atoms with van der Waals surface area (Å²) in [5.41, 5.74) is 3.35. The summed E-state index contributed by atoms with van der Waals surface area (Å²) in [6, 6.07) is 17.2. The zero-order valence-corrected chi connectivity index (χ0v) is 20.1. The van der Waals surface area contributed by atoms with Gasteiger partial charge < -0.3 is 19.1 Å². The molecule has 0 N–H and O–H groups in total. The summed E-state index contributed by atoms with van der Waals surface area (Å²) in [4.78, 5) is 34.6. The van der Waals surface area contributed by atoms with Gasteiger partial charge in [0.15, 0.2) is 5.82 Å². The van der Waals surface area contributed by atoms with Crippen LogP contribution in [0.4, 0.5) is 5.69 Å². The zero-order valence-electron chi connectivity index (χ0n) is 20.1. The van der Waals surface area contributed by atoms with Gasteiger partial charge in [-0.15, -0.1) is 5.10 Å². The van der Waals surface area contributed by atoms with Gasteiger partial charge in [0, 0.05) is 43.5 Å². The largest absolute Gasteiger partial charge is 0.495 e. The summed E-state index contributed by atoms with van der Waals surface area (Å²) < 4.78 is 8.53. The third-order valence-corrected chi connectivity index (χ3v) is 6.43. The molecule has 5 rings (SSSR count). The van der Waals surface area contributed by atoms with Crippen LogP contribution < -0.4 is 15.2 Å². The first-order valence-electron chi connectivity index (χ1n) is 11.6. The number of anilines is 1. The minimum atomic E-state index is -0.266. The Labute approximate surface area is 203 Å². The minimum Gasteiger partial charge on any atom is -0.495 e. The van der Waals surface area contributed by atoms with Gasteiger partial charge in [-0.1, -0.05) is 35.9 Å². The van der Waals surface area contributed by atoms with E-state index in [1.165, 1.54) is 10.6 Å². The molecule has 0 saturated carbocycles. The summed E-state index contributed by atoms with van der Waals surface area (Å²) in [5, 5.41) is 4.43. The molecular formula is C26H28N6O3. The lowest BCUT2D eigenvalue weighted by Crippen LogP contribution is -2.49. The Morgan fingerprint density at radius 2 is 1.77 bits per heavy atom. The molecule has 4 aromatic rings. The number of hydrogen-bond acceptors (Lipinski definition) is 6. The number of para-hydroxylation sites is 2. The molecule has 0 atom stereocenters. The fraction of sp³-hybridized carbons (Fsp3) is 0.308. The molecule has 0 unspecified atom stereocenters. The summed E-state index contributed by atoms with van der Waals surface area (Å²) in [7, 11) is 1.67. The molecule has 0 spiro atoms. The zero-order chi connectivity index (χ0) is 24.5. The van der Waals surface area contributed by atoms with Crippen LogP contribution in [0.25, 0.3) is 17.2 Å². The molecule has 35 heavy (non-hydrogen) atoms. The number of piperazine rings is 1. The standard InChI is InChI=1S/C26H28N6O3/c1-18-7-6-8-20(15-18)25-27-26-31(19(2)16-23(33)32(26)28-25)17-24(34)30-13-11-29(12-14-30)21-9-4-5-10-22(21)35-3/h4-10,15-16H,11-14,17H2,1-3H3. The second-order valence-corrected chi connectivity index (χ2v) is 8.77. The Morgan fingerprint density at radius 1 is 1.00 bits per heavy atom. The highest BCUT2D eigenvalue weighted by atomic mass is 16.5. The Kier molecular flexibility index (Phi) is 5.98. The molecular weight excluding hydrogens is 444 g/mol. The number of methoxy groups -OCH3 is 1. The second-order valence-electron chi connectivity index (χ2n) is 8.77. The van der Waals surface area contributed by atoms with Crippen LogP contribution in [0.2, 0.25) is 0 Å². The maximum Gasteiger partial charge on any atom is 0.275 e. The minimum absolute atomic E-state index is 0.0153. The van der Waals surface area contributed by atoms with Crippen LogP contribution in [0.3, 0.4) is 0 Å². The number of aromatic nitrogens is 4. The summed E-state index contributed by atoms with van der Waals surface area (Å²) >= 11 is 0. The van der Waals surface area contributed by atoms with Gasteiger partial charge in [-0.3, -0.25) is 9.59 Å². The highest BCUT2D eigenvalue weighted by molar-refractivity contribution is 5.77. The topological polar surface area (TPSA) is 85.0 Å². The van der Waals surface area contributed by atoms with E-state index < -0.39 is 0 Å². The van der Waals surface area contributed by atoms with E-state index in [4.69, 9.17) is 4.74 Å². The predicted molar refractivity (Wildman–Crippen MR) is 134 cm³/mol. The van der Waals surface area contributed by atoms with Gasteiger partial charge >= 0.3 is 0 Å². The molecule has 0 bridgehead atoms. The van der Waals surface area contributed by atoms with Gasteiger partial charge in [0.25, 0.3) is 5.56 Å². The van der Waals surface area contributed by atoms with Crippen molar-refractivity contribution in [2.45, 2.75) is 20.4 Å². The maximum atomic E-state index is 13.3. The van der Waals surface area contributed by atoms with Crippen molar-refractivity contribution in [3.8, 4) is 17.1 Å². The number of carbonyl (C=O) groups is 1. The fourth-order valence-electron chi connectivity index (χ4n) is 4.53. The van der Waals surface area contributed by atoms with Crippen molar-refractivity contribution in [2.24, 2.45) is 0 Å². The van der Waals surface area contributed by atoms with Crippen molar-refractivity contribution >= 4 is 17.4 Å². The van der Waals surface area contributed by atoms with E-state index in [0.717, 1.165) is 22.6 Å². The molecule has 1 amide bonds. The number of rotatable bonds is 5. The predicted octanol–water partition coefficient (Wildman–Crippen LogP) is 2.53. The van der Waals surface area contributed by atoms with E-state index >= 15 is 0 Å². The van der Waals surface area contributed by atoms with Crippen LogP contribution in [0.1, 0.15) is 11.3 Å². The number of carbonyl (C=O) groups excluding carboxylic acids is 1. The summed E-state index contributed by atoms with van der Waals surface area (Å²) in [6.07, 6.45) is 0. The van der Waals surface area contributed by atoms with Crippen molar-refractivity contribution < 1.29 is 9.53 Å². The van der Waals surface area contributed by atoms with Crippen molar-refractivity contribution in [3.05, 3.63) is 76.2 Å². The van der Waals surface area contributed by atoms with Crippen molar-refractivity contribution in [1.82, 2.24) is 24.1 Å². The molecule has 1 saturated heterocycles. The van der Waals surface area contributed by atoms with Gasteiger partial charge in [-0.05, 0) is 32.0 Å². The normalized spacial score (nSPS) is 13.9. The third-order valence-electron chi connectivity index (χ3n) is 6.43. The number of aryl methyl sites for hydroxylation is 2. The molecule has 0 aliphatic carbocycles. The van der Waals surface area contributed by atoms with Crippen molar-refractivity contribution in [3.63, 3.8) is 0 Å². The Morgan fingerprint density at radius 3 is 2.51 bits per heavy atom. The van der Waals surface area contributed by atoms with Crippen LogP contribution >= 0.6 is 0 Å². The van der Waals surface area contributed by atoms with Crippen molar-refractivity contribution in [1.29, 1.82) is 0 Å². The van der Waals surface area contributed by atoms with Crippen LogP contribution in [-0.4, -0.2) is 63.3 Å². The van der Waals surface area contributed by atoms with Gasteiger partial charge in [0.2, 0.25) is 11.7 Å². The third kappa shape index (κ3) is 4.37. The lowest BCUT2D eigenvalue weighted by atomic mass is 10.1. The Balaban J connectivity index is 1.37. The van der Waals surface area contributed by atoms with Crippen LogP contribution in [-0.2, 0) is 11.3 Å². The van der Waals surface area contributed by atoms with E-state index in [0.29, 0.717) is 43.5 Å². The molecule has 1 aliphatic rings. The average Bonchev–Trinajstić information content (AvgIpc) is 3.33. The summed E-state index contributed by atoms with van der Waals surface area (Å²) in [6.45, 7) is 6.54. The number of benzene rings is 2. The molecule has 9 heteroatoms. The first kappa shape index (κ1) is 22.6. The highest BCUT2D eigenvalue weighted by Gasteiger charge is 2.24. The smallest absolute Gasteiger partial charge is 0.275 e. The molecule has 0 radical (unpaired) electrons. The molecule has 2 aromatic heterocycles. The van der Waals surface area contributed by atoms with E-state index in [1.807, 2.05) is 67.3 Å². The number of hydrogen-bond donors (Lipinski definition) is 0. The summed E-state index contributed by atoms with van der Waals surface area (Å²) in [5.74, 6) is 1.64. The highest BCUT2D eigenvalue weighted by Crippen LogP contribution is 2.28. The maximum absolute atomic E-state index is 13.3. The van der Waals surface area contributed by atoms with E-state index in [1.54, 1.807) is 11.7 Å². The number of ether oxygens (including phenoxy) is 1. The molecule has 3 heterocycles. The lowest BCUT2D eigenvalue weighted by Gasteiger charge is -2.36. The lowest BCUT2D eigenvalue weighted by molar-refractivity contribution is -0.132. The number of fused-ring (bicyclic) bond motifs is 1. The van der Waals surface area contributed by atoms with Crippen LogP contribution in [0.5, 0.6) is 5.75 Å². The molecule has 2 aromatic carbocycles. The molecule has 1 fully saturated rings. The van der Waals surface area contributed by atoms with Crippen LogP contribution in [0.15, 0.2) is 59.4 Å². The fourth-order valence-corrected chi connectivity index (χ4v) is 4.53. The number of amides is 1. The van der Waals surface area contributed by atoms with Crippen molar-refractivity contribution in [2.75, 3.05) is 38.2 Å².